The van der Waals surface area contributed by atoms with Gasteiger partial charge in [-0.3, -0.25) is 0 Å². The van der Waals surface area contributed by atoms with Crippen molar-refractivity contribution in [3.8, 4) is 0 Å². The molecule has 0 radical (unpaired) electrons. The largest absolute Gasteiger partial charge is 0.394 e. The fourth-order valence-corrected chi connectivity index (χ4v) is 2.57. The topological polar surface area (TPSA) is 106 Å². The Morgan fingerprint density at radius 1 is 1.53 bits per heavy atom. The number of fused-ring (bicyclic) bond motifs is 1. The number of aliphatic hydroxyl groups is 2. The average molecular weight is 264 g/mol. The lowest BCUT2D eigenvalue weighted by atomic mass is 10.2. The molecule has 4 N–H and O–H groups in total. The molecule has 2 aromatic rings. The number of ether oxygens (including phenoxy) is 1. The lowest BCUT2D eigenvalue weighted by molar-refractivity contribution is -0.0430. The van der Waals surface area contributed by atoms with E-state index < -0.39 is 12.2 Å². The van der Waals surface area contributed by atoms with Crippen LogP contribution in [-0.4, -0.2) is 43.6 Å². The zero-order valence-corrected chi connectivity index (χ0v) is 10.5. The van der Waals surface area contributed by atoms with Gasteiger partial charge in [0.05, 0.1) is 18.1 Å². The molecule has 0 aromatic carbocycles. The molecule has 0 amide bonds. The Morgan fingerprint density at radius 3 is 3.00 bits per heavy atom. The van der Waals surface area contributed by atoms with Crippen LogP contribution in [0.4, 0.5) is 5.82 Å². The minimum Gasteiger partial charge on any atom is -0.394 e. The lowest BCUT2D eigenvalue weighted by Crippen LogP contribution is -2.24. The molecule has 102 valence electrons. The Bertz CT molecular complexity index is 612. The van der Waals surface area contributed by atoms with Crippen LogP contribution in [0.3, 0.4) is 0 Å². The Kier molecular flexibility index (Phi) is 2.89. The number of anilines is 1. The molecule has 7 nitrogen and oxygen atoms in total. The number of hydrogen-bond donors (Lipinski definition) is 3. The molecule has 3 atom stereocenters. The van der Waals surface area contributed by atoms with Gasteiger partial charge in [0.2, 0.25) is 0 Å². The van der Waals surface area contributed by atoms with Crippen molar-refractivity contribution in [1.29, 1.82) is 0 Å². The summed E-state index contributed by atoms with van der Waals surface area (Å²) in [6.45, 7) is 1.72. The lowest BCUT2D eigenvalue weighted by Gasteiger charge is -2.14. The molecule has 0 aliphatic carbocycles. The van der Waals surface area contributed by atoms with Crippen molar-refractivity contribution in [3.05, 3.63) is 18.1 Å². The van der Waals surface area contributed by atoms with E-state index in [4.69, 9.17) is 15.6 Å². The minimum atomic E-state index is -0.674. The third-order valence-corrected chi connectivity index (χ3v) is 3.52. The molecule has 3 rings (SSSR count). The van der Waals surface area contributed by atoms with Crippen molar-refractivity contribution >= 4 is 16.9 Å². The van der Waals surface area contributed by atoms with Crippen molar-refractivity contribution in [2.75, 3.05) is 12.3 Å². The Balaban J connectivity index is 2.05. The first-order valence-corrected chi connectivity index (χ1v) is 6.13. The van der Waals surface area contributed by atoms with Crippen LogP contribution in [0.2, 0.25) is 0 Å². The third-order valence-electron chi connectivity index (χ3n) is 3.52. The molecule has 2 aromatic heterocycles. The van der Waals surface area contributed by atoms with Crippen molar-refractivity contribution < 1.29 is 14.9 Å². The van der Waals surface area contributed by atoms with Crippen molar-refractivity contribution in [3.63, 3.8) is 0 Å². The number of nitrogens with two attached hydrogens (primary N) is 1. The second-order valence-corrected chi connectivity index (χ2v) is 4.79. The van der Waals surface area contributed by atoms with Crippen molar-refractivity contribution in [2.45, 2.75) is 31.8 Å². The Morgan fingerprint density at radius 2 is 2.32 bits per heavy atom. The van der Waals surface area contributed by atoms with Gasteiger partial charge in [0.25, 0.3) is 0 Å². The molecule has 3 heterocycles. The predicted octanol–water partition coefficient (Wildman–Crippen LogP) is -0.0374. The number of rotatable bonds is 2. The fourth-order valence-electron chi connectivity index (χ4n) is 2.57. The van der Waals surface area contributed by atoms with Gasteiger partial charge in [0.15, 0.2) is 0 Å². The van der Waals surface area contributed by atoms with Gasteiger partial charge < -0.3 is 25.3 Å². The first-order chi connectivity index (χ1) is 9.11. The zero-order valence-electron chi connectivity index (χ0n) is 10.5. The first kappa shape index (κ1) is 12.3. The van der Waals surface area contributed by atoms with Gasteiger partial charge in [0.1, 0.15) is 30.1 Å². The summed E-state index contributed by atoms with van der Waals surface area (Å²) in [5, 5.41) is 19.7. The molecule has 1 fully saturated rings. The highest BCUT2D eigenvalue weighted by atomic mass is 16.5. The average Bonchev–Trinajstić information content (AvgIpc) is 2.91. The second-order valence-electron chi connectivity index (χ2n) is 4.79. The summed E-state index contributed by atoms with van der Waals surface area (Å²) < 4.78 is 7.47. The van der Waals surface area contributed by atoms with E-state index in [1.165, 1.54) is 6.33 Å². The quantitative estimate of drug-likeness (QED) is 0.703. The van der Waals surface area contributed by atoms with Gasteiger partial charge >= 0.3 is 0 Å². The van der Waals surface area contributed by atoms with Crippen LogP contribution in [-0.2, 0) is 4.74 Å². The Hall–Kier alpha value is -1.70. The maximum Gasteiger partial charge on any atom is 0.147 e. The summed E-state index contributed by atoms with van der Waals surface area (Å²) in [6, 6.07) is 0. The van der Waals surface area contributed by atoms with E-state index in [0.29, 0.717) is 17.9 Å². The van der Waals surface area contributed by atoms with Crippen molar-refractivity contribution in [2.24, 2.45) is 0 Å². The summed E-state index contributed by atoms with van der Waals surface area (Å²) in [6.07, 6.45) is 2.12. The summed E-state index contributed by atoms with van der Waals surface area (Å²) in [5.74, 6) is 0.429. The highest BCUT2D eigenvalue weighted by Crippen LogP contribution is 2.33. The highest BCUT2D eigenvalue weighted by molar-refractivity contribution is 5.89. The normalized spacial score (nSPS) is 27.2. The smallest absolute Gasteiger partial charge is 0.147 e. The Labute approximate surface area is 109 Å². The third kappa shape index (κ3) is 1.86. The van der Waals surface area contributed by atoms with Crippen LogP contribution in [0.5, 0.6) is 0 Å². The van der Waals surface area contributed by atoms with Crippen molar-refractivity contribution in [1.82, 2.24) is 14.5 Å². The van der Waals surface area contributed by atoms with E-state index in [2.05, 4.69) is 9.97 Å². The molecule has 1 aliphatic heterocycles. The fraction of sp³-hybridized carbons (Fsp3) is 0.500. The van der Waals surface area contributed by atoms with E-state index in [1.54, 1.807) is 0 Å². The highest BCUT2D eigenvalue weighted by Gasteiger charge is 2.35. The van der Waals surface area contributed by atoms with Crippen LogP contribution in [0.25, 0.3) is 11.0 Å². The molecule has 7 heteroatoms. The number of aromatic nitrogens is 3. The molecular weight excluding hydrogens is 248 g/mol. The summed E-state index contributed by atoms with van der Waals surface area (Å²) >= 11 is 0. The predicted molar refractivity (Wildman–Crippen MR) is 68.3 cm³/mol. The SMILES string of the molecule is Cc1cn(C2CC(O)C(CO)O2)c2ncnc(N)c12. The summed E-state index contributed by atoms with van der Waals surface area (Å²) in [4.78, 5) is 8.21. The maximum absolute atomic E-state index is 9.80. The van der Waals surface area contributed by atoms with Gasteiger partial charge in [-0.25, -0.2) is 9.97 Å². The second kappa shape index (κ2) is 4.44. The van der Waals surface area contributed by atoms with E-state index in [1.807, 2.05) is 17.7 Å². The molecule has 0 spiro atoms. The molecule has 1 aliphatic rings. The number of aryl methyl sites for hydroxylation is 1. The molecular formula is C12H16N4O3. The van der Waals surface area contributed by atoms with Gasteiger partial charge in [-0.05, 0) is 12.5 Å². The van der Waals surface area contributed by atoms with Crippen LogP contribution in [0.1, 0.15) is 18.2 Å². The van der Waals surface area contributed by atoms with E-state index in [9.17, 15) is 5.11 Å². The zero-order chi connectivity index (χ0) is 13.6. The molecule has 0 saturated carbocycles. The molecule has 0 bridgehead atoms. The van der Waals surface area contributed by atoms with Gasteiger partial charge in [-0.1, -0.05) is 0 Å². The van der Waals surface area contributed by atoms with Gasteiger partial charge in [-0.2, -0.15) is 0 Å². The van der Waals surface area contributed by atoms with E-state index in [-0.39, 0.29) is 12.8 Å². The number of nitrogens with zero attached hydrogens (tertiary/aromatic N) is 3. The monoisotopic (exact) mass is 264 g/mol. The van der Waals surface area contributed by atoms with Crippen LogP contribution < -0.4 is 5.73 Å². The number of aliphatic hydroxyl groups excluding tert-OH is 2. The molecule has 3 unspecified atom stereocenters. The molecule has 1 saturated heterocycles. The van der Waals surface area contributed by atoms with E-state index >= 15 is 0 Å². The standard InChI is InChI=1S/C12H16N4O3/c1-6-3-16(9-2-7(18)8(4-17)19-9)12-10(6)11(13)14-5-15-12/h3,5,7-9,17-18H,2,4H2,1H3,(H2,13,14,15). The maximum atomic E-state index is 9.80. The minimum absolute atomic E-state index is 0.201. The van der Waals surface area contributed by atoms with Gasteiger partial charge in [-0.15, -0.1) is 0 Å². The van der Waals surface area contributed by atoms with Crippen LogP contribution >= 0.6 is 0 Å². The molecule has 19 heavy (non-hydrogen) atoms. The summed E-state index contributed by atoms with van der Waals surface area (Å²) in [7, 11) is 0. The number of hydrogen-bond acceptors (Lipinski definition) is 6. The van der Waals surface area contributed by atoms with Gasteiger partial charge in [0, 0.05) is 12.6 Å². The number of nitrogen functional groups attached to an aromatic ring is 1. The van der Waals surface area contributed by atoms with Crippen LogP contribution in [0.15, 0.2) is 12.5 Å². The van der Waals surface area contributed by atoms with E-state index in [0.717, 1.165) is 10.9 Å². The van der Waals surface area contributed by atoms with Crippen LogP contribution in [0, 0.1) is 6.92 Å². The first-order valence-electron chi connectivity index (χ1n) is 6.13. The summed E-state index contributed by atoms with van der Waals surface area (Å²) in [5.41, 5.74) is 7.49.